The number of Topliss-reactive ketones (excluding diaryl/α,β-unsaturated/α-hetero) is 1. The van der Waals surface area contributed by atoms with Crippen LogP contribution in [0.1, 0.15) is 77.3 Å². The van der Waals surface area contributed by atoms with Crippen LogP contribution >= 0.6 is 11.6 Å². The highest BCUT2D eigenvalue weighted by Gasteiger charge is 2.29. The lowest BCUT2D eigenvalue weighted by molar-refractivity contribution is -0.116. The van der Waals surface area contributed by atoms with Gasteiger partial charge in [0.2, 0.25) is 0 Å². The molecule has 0 saturated carbocycles. The van der Waals surface area contributed by atoms with E-state index < -0.39 is 0 Å². The maximum atomic E-state index is 10.7. The molecule has 2 aliphatic rings. The van der Waals surface area contributed by atoms with E-state index in [0.717, 1.165) is 61.9 Å². The molecule has 1 heterocycles. The molecule has 37 heavy (non-hydrogen) atoms. The summed E-state index contributed by atoms with van der Waals surface area (Å²) in [7, 11) is 1.00. The summed E-state index contributed by atoms with van der Waals surface area (Å²) in [5, 5.41) is 11.3. The molecular weight excluding hydrogens is 480 g/mol. The largest absolute Gasteiger partial charge is 0.400 e. The lowest BCUT2D eigenvalue weighted by Gasteiger charge is -2.28. The van der Waals surface area contributed by atoms with Gasteiger partial charge in [0.1, 0.15) is 5.78 Å². The average Bonchev–Trinajstić information content (AvgIpc) is 3.03. The number of anilines is 1. The number of nitrogen functional groups attached to an aromatic ring is 1. The molecule has 1 aliphatic carbocycles. The van der Waals surface area contributed by atoms with E-state index in [-0.39, 0.29) is 11.8 Å². The maximum Gasteiger partial charge on any atom is 0.134 e. The zero-order valence-corrected chi connectivity index (χ0v) is 24.0. The fourth-order valence-corrected chi connectivity index (χ4v) is 5.11. The van der Waals surface area contributed by atoms with Gasteiger partial charge in [0, 0.05) is 29.8 Å². The van der Waals surface area contributed by atoms with Gasteiger partial charge in [0.25, 0.3) is 0 Å². The van der Waals surface area contributed by atoms with Crippen LogP contribution in [0.2, 0.25) is 5.02 Å². The molecule has 1 unspecified atom stereocenters. The molecule has 3 rings (SSSR count). The van der Waals surface area contributed by atoms with Crippen LogP contribution in [0.25, 0.3) is 5.57 Å². The van der Waals surface area contributed by atoms with E-state index in [4.69, 9.17) is 22.4 Å². The summed E-state index contributed by atoms with van der Waals surface area (Å²) in [4.78, 5) is 10.7. The minimum Gasteiger partial charge on any atom is -0.400 e. The predicted octanol–water partition coefficient (Wildman–Crippen LogP) is 7.90. The van der Waals surface area contributed by atoms with Crippen molar-refractivity contribution in [1.82, 2.24) is 5.32 Å². The van der Waals surface area contributed by atoms with Crippen molar-refractivity contribution in [1.29, 1.82) is 0 Å². The Balaban J connectivity index is 0.000000446. The van der Waals surface area contributed by atoms with Crippen molar-refractivity contribution in [2.24, 2.45) is 0 Å². The summed E-state index contributed by atoms with van der Waals surface area (Å²) in [5.74, 6) is 0.177. The summed E-state index contributed by atoms with van der Waals surface area (Å²) in [6.07, 6.45) is 20.9. The van der Waals surface area contributed by atoms with Gasteiger partial charge in [-0.25, -0.2) is 0 Å². The zero-order valence-electron chi connectivity index (χ0n) is 23.2. The number of benzene rings is 1. The highest BCUT2D eigenvalue weighted by molar-refractivity contribution is 6.31. The number of aliphatic hydroxyl groups excluding tert-OH is 1. The van der Waals surface area contributed by atoms with Crippen LogP contribution in [0, 0.1) is 0 Å². The number of fused-ring (bicyclic) bond motifs is 2. The normalized spacial score (nSPS) is 16.1. The lowest BCUT2D eigenvalue weighted by Crippen LogP contribution is -2.30. The Morgan fingerprint density at radius 3 is 2.46 bits per heavy atom. The van der Waals surface area contributed by atoms with Gasteiger partial charge in [-0.15, -0.1) is 0 Å². The smallest absolute Gasteiger partial charge is 0.134 e. The van der Waals surface area contributed by atoms with E-state index in [1.165, 1.54) is 27.8 Å². The number of aryl methyl sites for hydroxylation is 1. The number of halogens is 1. The molecule has 0 bridgehead atoms. The van der Waals surface area contributed by atoms with Crippen molar-refractivity contribution in [3.8, 4) is 0 Å². The molecule has 0 aromatic heterocycles. The van der Waals surface area contributed by atoms with Crippen LogP contribution in [0.4, 0.5) is 5.69 Å². The Morgan fingerprint density at radius 1 is 1.22 bits per heavy atom. The number of nitrogens with two attached hydrogens (primary N) is 1. The van der Waals surface area contributed by atoms with Gasteiger partial charge >= 0.3 is 0 Å². The average molecular weight is 525 g/mol. The van der Waals surface area contributed by atoms with E-state index in [9.17, 15) is 4.79 Å². The van der Waals surface area contributed by atoms with Crippen LogP contribution in [-0.2, 0) is 11.2 Å². The molecule has 1 aromatic carbocycles. The monoisotopic (exact) mass is 524 g/mol. The first-order chi connectivity index (χ1) is 17.9. The Bertz CT molecular complexity index is 1050. The molecule has 0 radical (unpaired) electrons. The summed E-state index contributed by atoms with van der Waals surface area (Å²) in [6.45, 7) is 11.6. The van der Waals surface area contributed by atoms with Crippen molar-refractivity contribution in [2.75, 3.05) is 12.8 Å². The van der Waals surface area contributed by atoms with Crippen LogP contribution in [0.3, 0.4) is 0 Å². The summed E-state index contributed by atoms with van der Waals surface area (Å²) < 4.78 is 0. The molecule has 1 atom stereocenters. The topological polar surface area (TPSA) is 75.4 Å². The van der Waals surface area contributed by atoms with E-state index in [0.29, 0.717) is 6.42 Å². The number of dihydropyridines is 1. The quantitative estimate of drug-likeness (QED) is 0.238. The Kier molecular flexibility index (Phi) is 15.3. The standard InChI is InChI=1S/C21H27ClN2.C10H14O.CH4O/c1-3-6-14(7-4-2)20-19-16(12-17(22)13-18(19)23)10-9-15-8-5-11-24-21(15)20;1-4-6-10(7-5-2)8-9(3)11;1-2/h5,8,11-13,21,24H,3-4,6-7,9-10,23H2,1-2H3;4-7H,1,8H2,2-3H3;2H,1H3/b;7-5-,10-6+;. The van der Waals surface area contributed by atoms with Crippen LogP contribution < -0.4 is 11.1 Å². The molecule has 5 heteroatoms. The Hall–Kier alpha value is -2.82. The SMILES string of the molecule is C=C/C=C(\C=C/C)CC(C)=O.CCCC(CCC)=C1c2c(N)cc(Cl)cc2CCC2=CC=CNC21.CO. The van der Waals surface area contributed by atoms with Crippen molar-refractivity contribution in [3.05, 3.63) is 94.2 Å². The number of ketones is 1. The minimum atomic E-state index is 0.177. The zero-order chi connectivity index (χ0) is 27.8. The van der Waals surface area contributed by atoms with Gasteiger partial charge in [-0.05, 0) is 86.2 Å². The first kappa shape index (κ1) is 32.2. The summed E-state index contributed by atoms with van der Waals surface area (Å²) in [6, 6.07) is 4.25. The maximum absolute atomic E-state index is 10.7. The second kappa shape index (κ2) is 17.6. The third kappa shape index (κ3) is 9.87. The first-order valence-electron chi connectivity index (χ1n) is 13.2. The molecule has 1 aromatic rings. The van der Waals surface area contributed by atoms with Gasteiger partial charge < -0.3 is 16.2 Å². The number of nitrogens with one attached hydrogen (secondary N) is 1. The van der Waals surface area contributed by atoms with E-state index in [1.54, 1.807) is 13.0 Å². The van der Waals surface area contributed by atoms with Gasteiger partial charge in [-0.3, -0.25) is 4.79 Å². The number of carbonyl (C=O) groups is 1. The summed E-state index contributed by atoms with van der Waals surface area (Å²) >= 11 is 6.30. The lowest BCUT2D eigenvalue weighted by atomic mass is 9.84. The van der Waals surface area contributed by atoms with Crippen molar-refractivity contribution in [3.63, 3.8) is 0 Å². The second-order valence-electron chi connectivity index (χ2n) is 9.10. The first-order valence-corrected chi connectivity index (χ1v) is 13.5. The van der Waals surface area contributed by atoms with Gasteiger partial charge in [0.05, 0.1) is 6.04 Å². The van der Waals surface area contributed by atoms with E-state index >= 15 is 0 Å². The number of carbonyl (C=O) groups excluding carboxylic acids is 1. The fraction of sp³-hybridized carbons (Fsp3) is 0.406. The minimum absolute atomic E-state index is 0.177. The number of aliphatic hydroxyl groups is 1. The number of hydrogen-bond acceptors (Lipinski definition) is 4. The third-order valence-corrected chi connectivity index (χ3v) is 6.36. The van der Waals surface area contributed by atoms with Crippen molar-refractivity contribution in [2.45, 2.75) is 78.7 Å². The van der Waals surface area contributed by atoms with E-state index in [1.807, 2.05) is 31.2 Å². The van der Waals surface area contributed by atoms with Gasteiger partial charge in [-0.2, -0.15) is 0 Å². The van der Waals surface area contributed by atoms with Crippen molar-refractivity contribution >= 4 is 28.6 Å². The van der Waals surface area contributed by atoms with Crippen LogP contribution in [0.15, 0.2) is 78.1 Å². The molecule has 4 N–H and O–H groups in total. The number of allylic oxidation sites excluding steroid dienone is 8. The predicted molar refractivity (Wildman–Crippen MR) is 162 cm³/mol. The fourth-order valence-electron chi connectivity index (χ4n) is 4.86. The van der Waals surface area contributed by atoms with E-state index in [2.05, 4.69) is 50.2 Å². The third-order valence-electron chi connectivity index (χ3n) is 6.15. The van der Waals surface area contributed by atoms with Gasteiger partial charge in [-0.1, -0.05) is 80.8 Å². The van der Waals surface area contributed by atoms with Crippen LogP contribution in [-0.4, -0.2) is 24.0 Å². The highest BCUT2D eigenvalue weighted by Crippen LogP contribution is 2.42. The van der Waals surface area contributed by atoms with Gasteiger partial charge in [0.15, 0.2) is 0 Å². The Labute approximate surface area is 229 Å². The molecular formula is C32H45ClN2O2. The molecule has 202 valence electrons. The molecule has 1 aliphatic heterocycles. The summed E-state index contributed by atoms with van der Waals surface area (Å²) in [5.41, 5.74) is 15.2. The second-order valence-corrected chi connectivity index (χ2v) is 9.54. The number of rotatable bonds is 8. The molecule has 0 amide bonds. The molecule has 4 nitrogen and oxygen atoms in total. The number of hydrogen-bond donors (Lipinski definition) is 3. The molecule has 0 fully saturated rings. The van der Waals surface area contributed by atoms with Crippen LogP contribution in [0.5, 0.6) is 0 Å². The van der Waals surface area contributed by atoms with Crippen molar-refractivity contribution < 1.29 is 9.90 Å². The molecule has 0 spiro atoms. The highest BCUT2D eigenvalue weighted by atomic mass is 35.5. The Morgan fingerprint density at radius 2 is 1.89 bits per heavy atom. The molecule has 0 saturated heterocycles.